The summed E-state index contributed by atoms with van der Waals surface area (Å²) in [6, 6.07) is 7.80. The Morgan fingerprint density at radius 1 is 1.20 bits per heavy atom. The third-order valence-corrected chi connectivity index (χ3v) is 2.07. The number of methoxy groups -OCH3 is 1. The highest BCUT2D eigenvalue weighted by Crippen LogP contribution is 2.11. The maximum atomic E-state index is 5.36. The normalized spacial score (nSPS) is 9.20. The van der Waals surface area contributed by atoms with E-state index >= 15 is 0 Å². The Morgan fingerprint density at radius 3 is 2.53 bits per heavy atom. The monoisotopic (exact) mass is 268 g/mol. The van der Waals surface area contributed by atoms with Gasteiger partial charge in [-0.3, -0.25) is 0 Å². The van der Waals surface area contributed by atoms with Gasteiger partial charge in [0.15, 0.2) is 0 Å². The molecule has 0 spiro atoms. The molecular weight excluding hydrogens is 256 g/mol. The van der Waals surface area contributed by atoms with Crippen molar-refractivity contribution >= 4 is 15.9 Å². The molecule has 3 heteroatoms. The van der Waals surface area contributed by atoms with Gasteiger partial charge in [0.25, 0.3) is 0 Å². The van der Waals surface area contributed by atoms with E-state index in [1.807, 2.05) is 24.3 Å². The van der Waals surface area contributed by atoms with Crippen LogP contribution in [-0.4, -0.2) is 19.0 Å². The molecular formula is C12H13BrO2. The number of halogens is 1. The summed E-state index contributed by atoms with van der Waals surface area (Å²) in [5, 5.41) is 0.693. The van der Waals surface area contributed by atoms with Crippen molar-refractivity contribution in [3.05, 3.63) is 29.8 Å². The molecule has 0 heterocycles. The Morgan fingerprint density at radius 2 is 1.93 bits per heavy atom. The smallest absolute Gasteiger partial charge is 0.118 e. The first kappa shape index (κ1) is 12.1. The molecule has 0 radical (unpaired) electrons. The zero-order valence-corrected chi connectivity index (χ0v) is 10.2. The van der Waals surface area contributed by atoms with Crippen LogP contribution in [0.1, 0.15) is 5.56 Å². The Hall–Kier alpha value is -0.980. The van der Waals surface area contributed by atoms with Crippen molar-refractivity contribution in [1.29, 1.82) is 0 Å². The van der Waals surface area contributed by atoms with Crippen LogP contribution in [0, 0.1) is 11.8 Å². The molecule has 0 amide bonds. The van der Waals surface area contributed by atoms with Gasteiger partial charge in [-0.15, -0.1) is 0 Å². The van der Waals surface area contributed by atoms with Gasteiger partial charge in [0.1, 0.15) is 12.4 Å². The summed E-state index contributed by atoms with van der Waals surface area (Å²) in [6.45, 7) is 1.05. The van der Waals surface area contributed by atoms with E-state index in [0.29, 0.717) is 18.5 Å². The van der Waals surface area contributed by atoms with E-state index < -0.39 is 0 Å². The average molecular weight is 269 g/mol. The minimum absolute atomic E-state index is 0.470. The molecule has 0 aromatic heterocycles. The Labute approximate surface area is 98.7 Å². The zero-order chi connectivity index (χ0) is 10.9. The average Bonchev–Trinajstić information content (AvgIpc) is 2.30. The second-order valence-electron chi connectivity index (χ2n) is 2.83. The number of alkyl halides is 1. The van der Waals surface area contributed by atoms with Crippen LogP contribution in [0.15, 0.2) is 24.3 Å². The molecule has 0 N–H and O–H groups in total. The highest BCUT2D eigenvalue weighted by Gasteiger charge is 1.93. The van der Waals surface area contributed by atoms with Crippen LogP contribution in [-0.2, 0) is 11.3 Å². The lowest BCUT2D eigenvalue weighted by molar-refractivity contribution is 0.153. The molecule has 0 unspecified atom stereocenters. The lowest BCUT2D eigenvalue weighted by Gasteiger charge is -2.02. The first-order valence-electron chi connectivity index (χ1n) is 4.59. The topological polar surface area (TPSA) is 18.5 Å². The van der Waals surface area contributed by atoms with E-state index in [2.05, 4.69) is 27.8 Å². The molecule has 1 aromatic rings. The summed E-state index contributed by atoms with van der Waals surface area (Å²) < 4.78 is 10.4. The van der Waals surface area contributed by atoms with E-state index in [1.165, 1.54) is 0 Å². The van der Waals surface area contributed by atoms with Crippen molar-refractivity contribution in [2.45, 2.75) is 6.61 Å². The van der Waals surface area contributed by atoms with Gasteiger partial charge >= 0.3 is 0 Å². The molecule has 2 nitrogen and oxygen atoms in total. The second kappa shape index (κ2) is 7.33. The van der Waals surface area contributed by atoms with Crippen LogP contribution in [0.3, 0.4) is 0 Å². The van der Waals surface area contributed by atoms with E-state index in [-0.39, 0.29) is 0 Å². The molecule has 0 aliphatic heterocycles. The van der Waals surface area contributed by atoms with E-state index in [4.69, 9.17) is 9.47 Å². The molecule has 80 valence electrons. The third kappa shape index (κ3) is 4.87. The van der Waals surface area contributed by atoms with Gasteiger partial charge in [-0.25, -0.2) is 0 Å². The molecule has 0 atom stereocenters. The van der Waals surface area contributed by atoms with E-state index in [0.717, 1.165) is 11.3 Å². The molecule has 0 saturated carbocycles. The number of hydrogen-bond acceptors (Lipinski definition) is 2. The molecule has 1 aromatic carbocycles. The van der Waals surface area contributed by atoms with Gasteiger partial charge in [-0.2, -0.15) is 0 Å². The quantitative estimate of drug-likeness (QED) is 0.475. The lowest BCUT2D eigenvalue weighted by atomic mass is 10.2. The Balaban J connectivity index is 2.31. The van der Waals surface area contributed by atoms with Gasteiger partial charge in [0.2, 0.25) is 0 Å². The molecule has 0 aliphatic rings. The summed E-state index contributed by atoms with van der Waals surface area (Å²) in [5.74, 6) is 6.62. The summed E-state index contributed by atoms with van der Waals surface area (Å²) in [4.78, 5) is 0. The number of rotatable bonds is 4. The predicted octanol–water partition coefficient (Wildman–Crippen LogP) is 2.61. The van der Waals surface area contributed by atoms with E-state index in [9.17, 15) is 0 Å². The highest BCUT2D eigenvalue weighted by atomic mass is 79.9. The third-order valence-electron chi connectivity index (χ3n) is 1.79. The first-order chi connectivity index (χ1) is 7.36. The van der Waals surface area contributed by atoms with Gasteiger partial charge < -0.3 is 9.47 Å². The molecule has 0 bridgehead atoms. The second-order valence-corrected chi connectivity index (χ2v) is 3.39. The Kier molecular flexibility index (Phi) is 5.91. The summed E-state index contributed by atoms with van der Waals surface area (Å²) in [6.07, 6.45) is 0. The van der Waals surface area contributed by atoms with Crippen molar-refractivity contribution in [2.24, 2.45) is 0 Å². The summed E-state index contributed by atoms with van der Waals surface area (Å²) in [7, 11) is 1.65. The molecule has 0 saturated heterocycles. The van der Waals surface area contributed by atoms with Crippen molar-refractivity contribution < 1.29 is 9.47 Å². The fourth-order valence-electron chi connectivity index (χ4n) is 1.04. The van der Waals surface area contributed by atoms with Crippen LogP contribution >= 0.6 is 15.9 Å². The van der Waals surface area contributed by atoms with Gasteiger partial charge in [-0.1, -0.05) is 39.9 Å². The van der Waals surface area contributed by atoms with Crippen LogP contribution in [0.2, 0.25) is 0 Å². The number of benzene rings is 1. The zero-order valence-electron chi connectivity index (χ0n) is 8.63. The highest BCUT2D eigenvalue weighted by molar-refractivity contribution is 9.09. The fraction of sp³-hybridized carbons (Fsp3) is 0.333. The minimum Gasteiger partial charge on any atom is -0.497 e. The van der Waals surface area contributed by atoms with Gasteiger partial charge in [0, 0.05) is 0 Å². The standard InChI is InChI=1S/C12H13BrO2/c1-14-12-6-4-11(5-7-12)10-15-9-3-2-8-13/h4-7H,8-10H2,1H3. The van der Waals surface area contributed by atoms with Crippen molar-refractivity contribution in [3.8, 4) is 17.6 Å². The predicted molar refractivity (Wildman–Crippen MR) is 64.2 cm³/mol. The van der Waals surface area contributed by atoms with Crippen molar-refractivity contribution in [3.63, 3.8) is 0 Å². The largest absolute Gasteiger partial charge is 0.497 e. The van der Waals surface area contributed by atoms with E-state index in [1.54, 1.807) is 7.11 Å². The summed E-state index contributed by atoms with van der Waals surface area (Å²) in [5.41, 5.74) is 1.12. The van der Waals surface area contributed by atoms with Crippen LogP contribution < -0.4 is 4.74 Å². The number of ether oxygens (including phenoxy) is 2. The van der Waals surface area contributed by atoms with Crippen LogP contribution in [0.5, 0.6) is 5.75 Å². The van der Waals surface area contributed by atoms with Gasteiger partial charge in [0.05, 0.1) is 19.0 Å². The van der Waals surface area contributed by atoms with Crippen LogP contribution in [0.4, 0.5) is 0 Å². The molecule has 0 aliphatic carbocycles. The minimum atomic E-state index is 0.470. The Bertz CT molecular complexity index is 335. The van der Waals surface area contributed by atoms with Crippen molar-refractivity contribution in [1.82, 2.24) is 0 Å². The SMILES string of the molecule is COc1ccc(COCC#CCBr)cc1. The first-order valence-corrected chi connectivity index (χ1v) is 5.71. The van der Waals surface area contributed by atoms with Crippen LogP contribution in [0.25, 0.3) is 0 Å². The number of hydrogen-bond donors (Lipinski definition) is 0. The maximum Gasteiger partial charge on any atom is 0.118 e. The summed E-state index contributed by atoms with van der Waals surface area (Å²) >= 11 is 3.22. The van der Waals surface area contributed by atoms with Gasteiger partial charge in [-0.05, 0) is 17.7 Å². The lowest BCUT2D eigenvalue weighted by Crippen LogP contribution is -1.93. The molecule has 15 heavy (non-hydrogen) atoms. The maximum absolute atomic E-state index is 5.36. The fourth-order valence-corrected chi connectivity index (χ4v) is 1.24. The molecule has 0 fully saturated rings. The van der Waals surface area contributed by atoms with Crippen molar-refractivity contribution in [2.75, 3.05) is 19.0 Å². The molecule has 1 rings (SSSR count).